The van der Waals surface area contributed by atoms with Gasteiger partial charge in [0.05, 0.1) is 13.7 Å². The topological polar surface area (TPSA) is 58.7 Å². The first-order chi connectivity index (χ1) is 8.97. The monoisotopic (exact) mass is 266 g/mol. The Hall–Kier alpha value is -1.10. The van der Waals surface area contributed by atoms with Crippen molar-refractivity contribution in [3.8, 4) is 5.75 Å². The molecule has 1 rings (SSSR count). The van der Waals surface area contributed by atoms with Crippen LogP contribution in [0.1, 0.15) is 16.7 Å². The molecule has 3 N–H and O–H groups in total. The molecule has 1 unspecified atom stereocenters. The number of aliphatic hydroxyl groups excluding tert-OH is 1. The van der Waals surface area contributed by atoms with Crippen molar-refractivity contribution in [2.24, 2.45) is 5.73 Å². The van der Waals surface area contributed by atoms with Gasteiger partial charge in [0.25, 0.3) is 0 Å². The summed E-state index contributed by atoms with van der Waals surface area (Å²) in [5.41, 5.74) is 9.46. The number of rotatable bonds is 7. The first kappa shape index (κ1) is 16.0. The highest BCUT2D eigenvalue weighted by Gasteiger charge is 2.10. The van der Waals surface area contributed by atoms with Gasteiger partial charge in [-0.05, 0) is 50.1 Å². The number of nitrogens with zero attached hydrogens (tertiary/aromatic N) is 1. The van der Waals surface area contributed by atoms with Gasteiger partial charge in [0, 0.05) is 19.1 Å². The van der Waals surface area contributed by atoms with Crippen LogP contribution in [0, 0.1) is 13.8 Å². The number of nitrogens with two attached hydrogens (primary N) is 1. The van der Waals surface area contributed by atoms with E-state index in [-0.39, 0.29) is 12.6 Å². The third-order valence-corrected chi connectivity index (χ3v) is 3.32. The molecule has 0 aliphatic carbocycles. The molecule has 1 atom stereocenters. The predicted molar refractivity (Wildman–Crippen MR) is 78.7 cm³/mol. The van der Waals surface area contributed by atoms with Crippen LogP contribution in [0.4, 0.5) is 0 Å². The van der Waals surface area contributed by atoms with Gasteiger partial charge in [-0.3, -0.25) is 0 Å². The lowest BCUT2D eigenvalue weighted by Gasteiger charge is -2.21. The summed E-state index contributed by atoms with van der Waals surface area (Å²) in [4.78, 5) is 2.14. The molecule has 0 aromatic heterocycles. The number of aliphatic hydroxyl groups is 1. The minimum Gasteiger partial charge on any atom is -0.496 e. The normalized spacial score (nSPS) is 12.8. The molecule has 1 aromatic rings. The van der Waals surface area contributed by atoms with Crippen molar-refractivity contribution >= 4 is 0 Å². The fourth-order valence-electron chi connectivity index (χ4n) is 2.31. The minimum atomic E-state index is -0.175. The molecule has 0 saturated heterocycles. The summed E-state index contributed by atoms with van der Waals surface area (Å²) in [5.74, 6) is 0.956. The first-order valence-electron chi connectivity index (χ1n) is 6.67. The molecule has 0 spiro atoms. The van der Waals surface area contributed by atoms with Gasteiger partial charge in [0.15, 0.2) is 0 Å². The number of ether oxygens (including phenoxy) is 1. The van der Waals surface area contributed by atoms with E-state index in [1.54, 1.807) is 7.11 Å². The van der Waals surface area contributed by atoms with E-state index >= 15 is 0 Å². The van der Waals surface area contributed by atoms with Gasteiger partial charge in [-0.15, -0.1) is 0 Å². The fourth-order valence-corrected chi connectivity index (χ4v) is 2.31. The average Bonchev–Trinajstić information content (AvgIpc) is 2.36. The summed E-state index contributed by atoms with van der Waals surface area (Å²) in [6.07, 6.45) is 0.921. The number of aryl methyl sites for hydroxylation is 2. The van der Waals surface area contributed by atoms with Gasteiger partial charge in [-0.25, -0.2) is 0 Å². The summed E-state index contributed by atoms with van der Waals surface area (Å²) in [6, 6.07) is 4.07. The lowest BCUT2D eigenvalue weighted by atomic mass is 10.0. The molecule has 0 aliphatic heterocycles. The largest absolute Gasteiger partial charge is 0.496 e. The molecule has 1 aromatic carbocycles. The van der Waals surface area contributed by atoms with E-state index in [0.717, 1.165) is 18.7 Å². The van der Waals surface area contributed by atoms with Crippen LogP contribution in [-0.2, 0) is 6.42 Å². The third-order valence-electron chi connectivity index (χ3n) is 3.32. The Morgan fingerprint density at radius 3 is 2.63 bits per heavy atom. The van der Waals surface area contributed by atoms with Crippen LogP contribution in [0.25, 0.3) is 0 Å². The Morgan fingerprint density at radius 1 is 1.37 bits per heavy atom. The highest BCUT2D eigenvalue weighted by molar-refractivity contribution is 5.43. The van der Waals surface area contributed by atoms with Crippen molar-refractivity contribution in [2.75, 3.05) is 33.9 Å². The van der Waals surface area contributed by atoms with E-state index in [1.165, 1.54) is 16.7 Å². The van der Waals surface area contributed by atoms with Crippen molar-refractivity contribution in [1.29, 1.82) is 0 Å². The molecule has 19 heavy (non-hydrogen) atoms. The number of hydrogen-bond acceptors (Lipinski definition) is 4. The lowest BCUT2D eigenvalue weighted by Crippen LogP contribution is -2.38. The first-order valence-corrected chi connectivity index (χ1v) is 6.67. The third kappa shape index (κ3) is 4.82. The van der Waals surface area contributed by atoms with Crippen LogP contribution < -0.4 is 10.5 Å². The van der Waals surface area contributed by atoms with E-state index in [0.29, 0.717) is 6.54 Å². The zero-order valence-corrected chi connectivity index (χ0v) is 12.4. The Balaban J connectivity index is 2.67. The molecule has 0 aliphatic rings. The zero-order valence-electron chi connectivity index (χ0n) is 12.4. The van der Waals surface area contributed by atoms with E-state index in [4.69, 9.17) is 15.6 Å². The maximum Gasteiger partial charge on any atom is 0.122 e. The highest BCUT2D eigenvalue weighted by Crippen LogP contribution is 2.24. The Morgan fingerprint density at radius 2 is 2.05 bits per heavy atom. The summed E-state index contributed by atoms with van der Waals surface area (Å²) in [5, 5.41) is 8.95. The Kier molecular flexibility index (Phi) is 6.28. The van der Waals surface area contributed by atoms with Crippen LogP contribution >= 0.6 is 0 Å². The zero-order chi connectivity index (χ0) is 14.4. The second kappa shape index (κ2) is 7.48. The number of methoxy groups -OCH3 is 1. The maximum atomic E-state index is 8.95. The van der Waals surface area contributed by atoms with E-state index < -0.39 is 0 Å². The van der Waals surface area contributed by atoms with Crippen LogP contribution in [-0.4, -0.2) is 49.9 Å². The quantitative estimate of drug-likeness (QED) is 0.776. The second-order valence-electron chi connectivity index (χ2n) is 5.22. The van der Waals surface area contributed by atoms with Crippen molar-refractivity contribution in [2.45, 2.75) is 26.3 Å². The van der Waals surface area contributed by atoms with Crippen LogP contribution in [0.5, 0.6) is 5.75 Å². The maximum absolute atomic E-state index is 8.95. The van der Waals surface area contributed by atoms with Gasteiger partial charge in [0.1, 0.15) is 5.75 Å². The van der Waals surface area contributed by atoms with E-state index in [9.17, 15) is 0 Å². The summed E-state index contributed by atoms with van der Waals surface area (Å²) in [7, 11) is 3.73. The Labute approximate surface area is 116 Å². The molecule has 4 heteroatoms. The van der Waals surface area contributed by atoms with E-state index in [1.807, 2.05) is 7.05 Å². The van der Waals surface area contributed by atoms with Crippen molar-refractivity contribution in [1.82, 2.24) is 4.90 Å². The molecule has 4 nitrogen and oxygen atoms in total. The highest BCUT2D eigenvalue weighted by atomic mass is 16.5. The lowest BCUT2D eigenvalue weighted by molar-refractivity contribution is 0.222. The van der Waals surface area contributed by atoms with Gasteiger partial charge in [-0.1, -0.05) is 6.07 Å². The van der Waals surface area contributed by atoms with Gasteiger partial charge < -0.3 is 20.5 Å². The molecular formula is C15H26N2O2. The molecule has 0 heterocycles. The molecule has 0 bridgehead atoms. The number of benzene rings is 1. The second-order valence-corrected chi connectivity index (χ2v) is 5.22. The summed E-state index contributed by atoms with van der Waals surface area (Å²) < 4.78 is 5.46. The average molecular weight is 266 g/mol. The smallest absolute Gasteiger partial charge is 0.122 e. The van der Waals surface area contributed by atoms with E-state index in [2.05, 4.69) is 30.9 Å². The Bertz CT molecular complexity index is 407. The molecular weight excluding hydrogens is 240 g/mol. The van der Waals surface area contributed by atoms with Gasteiger partial charge in [0.2, 0.25) is 0 Å². The van der Waals surface area contributed by atoms with Crippen LogP contribution in [0.2, 0.25) is 0 Å². The number of likely N-dealkylation sites (N-methyl/N-ethyl adjacent to an activating group) is 1. The van der Waals surface area contributed by atoms with Crippen molar-refractivity contribution < 1.29 is 9.84 Å². The molecule has 0 fully saturated rings. The summed E-state index contributed by atoms with van der Waals surface area (Å²) >= 11 is 0. The molecule has 108 valence electrons. The molecule has 0 saturated carbocycles. The molecule has 0 amide bonds. The van der Waals surface area contributed by atoms with Crippen LogP contribution in [0.15, 0.2) is 12.1 Å². The predicted octanol–water partition coefficient (Wildman–Crippen LogP) is 1.11. The van der Waals surface area contributed by atoms with Crippen molar-refractivity contribution in [3.05, 3.63) is 28.8 Å². The number of hydrogen-bond donors (Lipinski definition) is 2. The SMILES string of the molecule is COc1cc(C)cc(C)c1CCN(C)CC(N)CO. The van der Waals surface area contributed by atoms with Crippen LogP contribution in [0.3, 0.4) is 0 Å². The summed E-state index contributed by atoms with van der Waals surface area (Å²) in [6.45, 7) is 5.81. The molecule has 0 radical (unpaired) electrons. The standard InChI is InChI=1S/C15H26N2O2/c1-11-7-12(2)14(15(8-11)19-4)5-6-17(3)9-13(16)10-18/h7-8,13,18H,5-6,9-10,16H2,1-4H3. The minimum absolute atomic E-state index is 0.0250. The van der Waals surface area contributed by atoms with Gasteiger partial charge >= 0.3 is 0 Å². The van der Waals surface area contributed by atoms with Gasteiger partial charge in [-0.2, -0.15) is 0 Å². The fraction of sp³-hybridized carbons (Fsp3) is 0.600. The van der Waals surface area contributed by atoms with Crippen molar-refractivity contribution in [3.63, 3.8) is 0 Å².